The van der Waals surface area contributed by atoms with Crippen molar-refractivity contribution in [3.05, 3.63) is 23.8 Å². The molecule has 2 rings (SSSR count). The van der Waals surface area contributed by atoms with E-state index in [2.05, 4.69) is 0 Å². The van der Waals surface area contributed by atoms with E-state index in [9.17, 15) is 13.2 Å². The Kier molecular flexibility index (Phi) is 3.58. The number of hydrogen-bond donors (Lipinski definition) is 0. The number of hydrogen-bond acceptors (Lipinski definition) is 4. The highest BCUT2D eigenvalue weighted by Crippen LogP contribution is 2.30. The van der Waals surface area contributed by atoms with Crippen LogP contribution in [0.4, 0.5) is 5.69 Å². The molecule has 1 heterocycles. The average Bonchev–Trinajstić information content (AvgIpc) is 2.79. The van der Waals surface area contributed by atoms with Crippen molar-refractivity contribution in [1.29, 1.82) is 5.26 Å². The number of carbonyl (C=O) groups excluding carboxylic acids is 1. The van der Waals surface area contributed by atoms with Gasteiger partial charge in [-0.05, 0) is 30.2 Å². The fourth-order valence-electron chi connectivity index (χ4n) is 2.20. The van der Waals surface area contributed by atoms with Gasteiger partial charge < -0.3 is 4.90 Å². The first-order chi connectivity index (χ1) is 8.95. The van der Waals surface area contributed by atoms with Gasteiger partial charge in [0.05, 0.1) is 16.7 Å². The van der Waals surface area contributed by atoms with Crippen LogP contribution in [0.3, 0.4) is 0 Å². The number of carbonyl (C=O) groups is 1. The van der Waals surface area contributed by atoms with Gasteiger partial charge in [0.15, 0.2) is 9.84 Å². The highest BCUT2D eigenvalue weighted by molar-refractivity contribution is 7.91. The van der Waals surface area contributed by atoms with Gasteiger partial charge in [-0.15, -0.1) is 0 Å². The minimum absolute atomic E-state index is 0.0149. The number of benzene rings is 1. The zero-order valence-electron chi connectivity index (χ0n) is 10.6. The monoisotopic (exact) mass is 278 g/mol. The van der Waals surface area contributed by atoms with Crippen molar-refractivity contribution in [2.75, 3.05) is 17.2 Å². The first-order valence-electron chi connectivity index (χ1n) is 5.96. The zero-order chi connectivity index (χ0) is 14.0. The van der Waals surface area contributed by atoms with Crippen LogP contribution in [0.1, 0.15) is 18.9 Å². The van der Waals surface area contributed by atoms with Crippen molar-refractivity contribution in [3.63, 3.8) is 0 Å². The van der Waals surface area contributed by atoms with Crippen LogP contribution in [-0.2, 0) is 21.1 Å². The van der Waals surface area contributed by atoms with E-state index in [1.807, 2.05) is 6.07 Å². The van der Waals surface area contributed by atoms with E-state index in [4.69, 9.17) is 5.26 Å². The molecule has 0 aliphatic carbocycles. The Hall–Kier alpha value is -1.87. The maximum Gasteiger partial charge on any atom is 0.223 e. The number of nitriles is 1. The van der Waals surface area contributed by atoms with Crippen molar-refractivity contribution >= 4 is 21.4 Å². The van der Waals surface area contributed by atoms with Crippen LogP contribution in [0.15, 0.2) is 23.1 Å². The van der Waals surface area contributed by atoms with Crippen molar-refractivity contribution in [3.8, 4) is 6.07 Å². The molecular weight excluding hydrogens is 264 g/mol. The number of sulfone groups is 1. The number of fused-ring (bicyclic) bond motifs is 1. The summed E-state index contributed by atoms with van der Waals surface area (Å²) in [5.41, 5.74) is 1.65. The minimum atomic E-state index is -3.41. The van der Waals surface area contributed by atoms with Gasteiger partial charge in [-0.25, -0.2) is 8.42 Å². The van der Waals surface area contributed by atoms with Crippen molar-refractivity contribution in [2.45, 2.75) is 24.7 Å². The zero-order valence-corrected chi connectivity index (χ0v) is 11.4. The molecule has 5 nitrogen and oxygen atoms in total. The van der Waals surface area contributed by atoms with Gasteiger partial charge >= 0.3 is 0 Å². The standard InChI is InChI=1S/C13H14N2O3S/c1-10(16)15-7-5-11-9-12(3-4-13(11)15)19(17,18)8-2-6-14/h3-4,9H,2,5,7-8H2,1H3. The molecule has 1 aromatic carbocycles. The fourth-order valence-corrected chi connectivity index (χ4v) is 3.39. The summed E-state index contributed by atoms with van der Waals surface area (Å²) >= 11 is 0. The summed E-state index contributed by atoms with van der Waals surface area (Å²) in [7, 11) is -3.41. The average molecular weight is 278 g/mol. The first kappa shape index (κ1) is 13.6. The Labute approximate surface area is 112 Å². The molecule has 6 heteroatoms. The maximum absolute atomic E-state index is 12.0. The van der Waals surface area contributed by atoms with Crippen molar-refractivity contribution in [2.24, 2.45) is 0 Å². The topological polar surface area (TPSA) is 78.2 Å². The van der Waals surface area contributed by atoms with Gasteiger partial charge in [0.25, 0.3) is 0 Å². The first-order valence-corrected chi connectivity index (χ1v) is 7.61. The van der Waals surface area contributed by atoms with Crippen molar-refractivity contribution in [1.82, 2.24) is 0 Å². The smallest absolute Gasteiger partial charge is 0.223 e. The van der Waals surface area contributed by atoms with E-state index < -0.39 is 9.84 Å². The number of nitrogens with zero attached hydrogens (tertiary/aromatic N) is 2. The fraction of sp³-hybridized carbons (Fsp3) is 0.385. The maximum atomic E-state index is 12.0. The molecule has 0 fully saturated rings. The van der Waals surface area contributed by atoms with Crippen LogP contribution < -0.4 is 4.90 Å². The summed E-state index contributed by atoms with van der Waals surface area (Å²) in [4.78, 5) is 13.3. The second kappa shape index (κ2) is 5.02. The summed E-state index contributed by atoms with van der Waals surface area (Å²) in [6, 6.07) is 6.63. The molecular formula is C13H14N2O3S. The van der Waals surface area contributed by atoms with Gasteiger partial charge in [-0.3, -0.25) is 4.79 Å². The highest BCUT2D eigenvalue weighted by Gasteiger charge is 2.24. The van der Waals surface area contributed by atoms with Gasteiger partial charge in [-0.1, -0.05) is 0 Å². The lowest BCUT2D eigenvalue weighted by molar-refractivity contribution is -0.116. The predicted molar refractivity (Wildman–Crippen MR) is 70.5 cm³/mol. The van der Waals surface area contributed by atoms with Crippen LogP contribution in [0.2, 0.25) is 0 Å². The Morgan fingerprint density at radius 1 is 1.47 bits per heavy atom. The predicted octanol–water partition coefficient (Wildman–Crippen LogP) is 1.28. The molecule has 1 aliphatic heterocycles. The molecule has 0 saturated carbocycles. The van der Waals surface area contributed by atoms with E-state index >= 15 is 0 Å². The second-order valence-corrected chi connectivity index (χ2v) is 6.55. The third-order valence-corrected chi connectivity index (χ3v) is 4.88. The van der Waals surface area contributed by atoms with Gasteiger partial charge in [-0.2, -0.15) is 5.26 Å². The summed E-state index contributed by atoms with van der Waals surface area (Å²) in [6.45, 7) is 2.08. The lowest BCUT2D eigenvalue weighted by Gasteiger charge is -2.14. The second-order valence-electron chi connectivity index (χ2n) is 4.44. The molecule has 0 unspecified atom stereocenters. The van der Waals surface area contributed by atoms with E-state index in [1.165, 1.54) is 13.0 Å². The minimum Gasteiger partial charge on any atom is -0.312 e. The molecule has 0 spiro atoms. The Bertz CT molecular complexity index is 659. The molecule has 1 amide bonds. The Morgan fingerprint density at radius 2 is 2.21 bits per heavy atom. The summed E-state index contributed by atoms with van der Waals surface area (Å²) in [5, 5.41) is 8.47. The van der Waals surface area contributed by atoms with Crippen molar-refractivity contribution < 1.29 is 13.2 Å². The van der Waals surface area contributed by atoms with Gasteiger partial charge in [0.2, 0.25) is 5.91 Å². The SMILES string of the molecule is CC(=O)N1CCc2cc(S(=O)(=O)CCC#N)ccc21. The quantitative estimate of drug-likeness (QED) is 0.834. The summed E-state index contributed by atoms with van der Waals surface area (Å²) in [6.07, 6.45) is 0.648. The lowest BCUT2D eigenvalue weighted by atomic mass is 10.2. The number of rotatable bonds is 3. The molecule has 1 aromatic rings. The van der Waals surface area contributed by atoms with Crippen LogP contribution in [0.25, 0.3) is 0 Å². The lowest BCUT2D eigenvalue weighted by Crippen LogP contribution is -2.25. The molecule has 0 saturated heterocycles. The van der Waals surface area contributed by atoms with E-state index in [-0.39, 0.29) is 23.0 Å². The molecule has 19 heavy (non-hydrogen) atoms. The van der Waals surface area contributed by atoms with Crippen LogP contribution in [-0.4, -0.2) is 26.6 Å². The Balaban J connectivity index is 2.34. The number of anilines is 1. The van der Waals surface area contributed by atoms with E-state index in [0.29, 0.717) is 13.0 Å². The molecule has 1 aliphatic rings. The largest absolute Gasteiger partial charge is 0.312 e. The molecule has 0 bridgehead atoms. The van der Waals surface area contributed by atoms with Crippen LogP contribution >= 0.6 is 0 Å². The van der Waals surface area contributed by atoms with Gasteiger partial charge in [0, 0.05) is 25.6 Å². The molecule has 100 valence electrons. The molecule has 0 radical (unpaired) electrons. The normalized spacial score (nSPS) is 14.0. The third kappa shape index (κ3) is 2.61. The summed E-state index contributed by atoms with van der Waals surface area (Å²) < 4.78 is 23.9. The van der Waals surface area contributed by atoms with Gasteiger partial charge in [0.1, 0.15) is 0 Å². The third-order valence-electron chi connectivity index (χ3n) is 3.17. The van der Waals surface area contributed by atoms with Crippen LogP contribution in [0, 0.1) is 11.3 Å². The number of amides is 1. The molecule has 0 aromatic heterocycles. The van der Waals surface area contributed by atoms with E-state index in [0.717, 1.165) is 11.3 Å². The molecule has 0 atom stereocenters. The highest BCUT2D eigenvalue weighted by atomic mass is 32.2. The van der Waals surface area contributed by atoms with E-state index in [1.54, 1.807) is 17.0 Å². The Morgan fingerprint density at radius 3 is 2.84 bits per heavy atom. The van der Waals surface area contributed by atoms with Crippen LogP contribution in [0.5, 0.6) is 0 Å². The molecule has 0 N–H and O–H groups in total. The summed E-state index contributed by atoms with van der Waals surface area (Å²) in [5.74, 6) is -0.211.